The number of benzene rings is 3. The largest absolute Gasteiger partial charge is 0.450 e. The van der Waals surface area contributed by atoms with E-state index in [1.807, 2.05) is 73.7 Å². The summed E-state index contributed by atoms with van der Waals surface area (Å²) in [7, 11) is 0. The number of carbonyl (C=O) groups is 1. The van der Waals surface area contributed by atoms with Gasteiger partial charge in [0.1, 0.15) is 5.58 Å². The highest BCUT2D eigenvalue weighted by molar-refractivity contribution is 6.08. The smallest absolute Gasteiger partial charge is 0.375 e. The van der Waals surface area contributed by atoms with Gasteiger partial charge in [0.25, 0.3) is 5.89 Å². The molecule has 6 nitrogen and oxygen atoms in total. The fourth-order valence-corrected chi connectivity index (χ4v) is 3.35. The minimum absolute atomic E-state index is 0.129. The quantitative estimate of drug-likeness (QED) is 0.391. The second kappa shape index (κ2) is 6.91. The van der Waals surface area contributed by atoms with Crippen LogP contribution in [0.1, 0.15) is 22.0 Å². The Morgan fingerprint density at radius 1 is 0.897 bits per heavy atom. The highest BCUT2D eigenvalue weighted by atomic mass is 16.6. The maximum atomic E-state index is 12.6. The van der Waals surface area contributed by atoms with E-state index in [1.165, 1.54) is 0 Å². The Balaban J connectivity index is 1.39. The number of fused-ring (bicyclic) bond motifs is 3. The fourth-order valence-electron chi connectivity index (χ4n) is 3.35. The predicted octanol–water partition coefficient (Wildman–Crippen LogP) is 5.30. The van der Waals surface area contributed by atoms with Crippen LogP contribution in [-0.2, 0) is 11.3 Å². The van der Waals surface area contributed by atoms with Gasteiger partial charge in [-0.05, 0) is 24.4 Å². The second-order valence-corrected chi connectivity index (χ2v) is 6.66. The van der Waals surface area contributed by atoms with Crippen molar-refractivity contribution in [1.29, 1.82) is 0 Å². The summed E-state index contributed by atoms with van der Waals surface area (Å²) in [6.45, 7) is 1.72. The molecule has 3 aromatic carbocycles. The molecule has 0 saturated carbocycles. The molecule has 0 atom stereocenters. The molecule has 0 saturated heterocycles. The van der Waals surface area contributed by atoms with E-state index in [0.717, 1.165) is 27.3 Å². The topological polar surface area (TPSA) is 78.4 Å². The van der Waals surface area contributed by atoms with E-state index in [1.54, 1.807) is 0 Å². The van der Waals surface area contributed by atoms with Crippen molar-refractivity contribution in [1.82, 2.24) is 10.2 Å². The second-order valence-electron chi connectivity index (χ2n) is 6.66. The van der Waals surface area contributed by atoms with Gasteiger partial charge in [-0.15, -0.1) is 10.2 Å². The van der Waals surface area contributed by atoms with Crippen LogP contribution in [0, 0.1) is 6.92 Å². The Hall–Kier alpha value is -3.93. The predicted molar refractivity (Wildman–Crippen MR) is 107 cm³/mol. The van der Waals surface area contributed by atoms with Crippen LogP contribution >= 0.6 is 0 Å². The third-order valence-corrected chi connectivity index (χ3v) is 4.83. The number of ether oxygens (including phenoxy) is 1. The number of hydrogen-bond donors (Lipinski definition) is 0. The Kier molecular flexibility index (Phi) is 4.09. The summed E-state index contributed by atoms with van der Waals surface area (Å²) in [5.41, 5.74) is 2.22. The highest BCUT2D eigenvalue weighted by Crippen LogP contribution is 2.32. The van der Waals surface area contributed by atoms with E-state index in [-0.39, 0.29) is 18.3 Å². The number of furan rings is 1. The molecule has 0 bridgehead atoms. The van der Waals surface area contributed by atoms with Crippen LogP contribution < -0.4 is 0 Å². The van der Waals surface area contributed by atoms with Crippen molar-refractivity contribution in [2.24, 2.45) is 0 Å². The third-order valence-electron chi connectivity index (χ3n) is 4.83. The zero-order valence-corrected chi connectivity index (χ0v) is 15.6. The van der Waals surface area contributed by atoms with Gasteiger partial charge in [-0.25, -0.2) is 4.79 Å². The summed E-state index contributed by atoms with van der Waals surface area (Å²) < 4.78 is 16.8. The molecule has 0 amide bonds. The monoisotopic (exact) mass is 384 g/mol. The lowest BCUT2D eigenvalue weighted by Crippen LogP contribution is -2.05. The van der Waals surface area contributed by atoms with Crippen LogP contribution in [0.2, 0.25) is 0 Å². The van der Waals surface area contributed by atoms with Gasteiger partial charge in [0, 0.05) is 21.9 Å². The van der Waals surface area contributed by atoms with Crippen molar-refractivity contribution in [3.63, 3.8) is 0 Å². The van der Waals surface area contributed by atoms with Crippen molar-refractivity contribution >= 4 is 27.7 Å². The normalized spacial score (nSPS) is 11.2. The summed E-state index contributed by atoms with van der Waals surface area (Å²) >= 11 is 0. The Morgan fingerprint density at radius 3 is 2.55 bits per heavy atom. The minimum atomic E-state index is -0.567. The molecule has 5 rings (SSSR count). The molecule has 29 heavy (non-hydrogen) atoms. The summed E-state index contributed by atoms with van der Waals surface area (Å²) in [6.07, 6.45) is 0. The van der Waals surface area contributed by atoms with Crippen LogP contribution in [0.15, 0.2) is 75.6 Å². The van der Waals surface area contributed by atoms with E-state index < -0.39 is 5.97 Å². The molecular formula is C23H16N2O4. The standard InChI is InChI=1S/C23H16N2O4/c1-14-17-12-11-15-7-5-6-10-18(15)21(17)29-20(14)23(26)27-13-19-24-25-22(28-19)16-8-3-2-4-9-16/h2-12H,13H2,1H3. The summed E-state index contributed by atoms with van der Waals surface area (Å²) in [6, 6.07) is 21.3. The molecule has 2 aromatic heterocycles. The van der Waals surface area contributed by atoms with Gasteiger partial charge in [0.2, 0.25) is 11.7 Å². The lowest BCUT2D eigenvalue weighted by Gasteiger charge is -2.00. The van der Waals surface area contributed by atoms with Gasteiger partial charge in [0.15, 0.2) is 6.61 Å². The molecule has 6 heteroatoms. The molecule has 0 fully saturated rings. The van der Waals surface area contributed by atoms with Crippen molar-refractivity contribution in [3.8, 4) is 11.5 Å². The van der Waals surface area contributed by atoms with Crippen LogP contribution in [-0.4, -0.2) is 16.2 Å². The first kappa shape index (κ1) is 17.2. The fraction of sp³-hybridized carbons (Fsp3) is 0.0870. The van der Waals surface area contributed by atoms with E-state index in [2.05, 4.69) is 10.2 Å². The molecule has 0 aliphatic heterocycles. The Bertz CT molecular complexity index is 1340. The van der Waals surface area contributed by atoms with Gasteiger partial charge < -0.3 is 13.6 Å². The summed E-state index contributed by atoms with van der Waals surface area (Å²) in [4.78, 5) is 12.6. The minimum Gasteiger partial charge on any atom is -0.450 e. The number of hydrogen-bond acceptors (Lipinski definition) is 6. The van der Waals surface area contributed by atoms with E-state index >= 15 is 0 Å². The number of rotatable bonds is 4. The van der Waals surface area contributed by atoms with Crippen LogP contribution in [0.4, 0.5) is 0 Å². The first-order valence-corrected chi connectivity index (χ1v) is 9.16. The van der Waals surface area contributed by atoms with E-state index in [9.17, 15) is 4.79 Å². The molecule has 0 spiro atoms. The zero-order valence-electron chi connectivity index (χ0n) is 15.6. The van der Waals surface area contributed by atoms with Crippen LogP contribution in [0.25, 0.3) is 33.2 Å². The van der Waals surface area contributed by atoms with E-state index in [4.69, 9.17) is 13.6 Å². The van der Waals surface area contributed by atoms with Crippen molar-refractivity contribution in [2.45, 2.75) is 13.5 Å². The maximum Gasteiger partial charge on any atom is 0.375 e. The van der Waals surface area contributed by atoms with Gasteiger partial charge >= 0.3 is 5.97 Å². The Labute approximate surface area is 165 Å². The average molecular weight is 384 g/mol. The molecule has 0 N–H and O–H groups in total. The molecular weight excluding hydrogens is 368 g/mol. The first-order chi connectivity index (χ1) is 14.2. The van der Waals surface area contributed by atoms with Crippen molar-refractivity contribution in [2.75, 3.05) is 0 Å². The van der Waals surface area contributed by atoms with Gasteiger partial charge in [-0.3, -0.25) is 0 Å². The summed E-state index contributed by atoms with van der Waals surface area (Å²) in [5, 5.41) is 10.8. The highest BCUT2D eigenvalue weighted by Gasteiger charge is 2.21. The lowest BCUT2D eigenvalue weighted by molar-refractivity contribution is 0.0404. The van der Waals surface area contributed by atoms with Crippen molar-refractivity contribution < 1.29 is 18.4 Å². The van der Waals surface area contributed by atoms with Crippen molar-refractivity contribution in [3.05, 3.63) is 83.9 Å². The molecule has 0 unspecified atom stereocenters. The maximum absolute atomic E-state index is 12.6. The molecule has 0 aliphatic rings. The van der Waals surface area contributed by atoms with Crippen LogP contribution in [0.3, 0.4) is 0 Å². The van der Waals surface area contributed by atoms with E-state index in [0.29, 0.717) is 11.5 Å². The molecule has 2 heterocycles. The molecule has 0 aliphatic carbocycles. The average Bonchev–Trinajstić information content (AvgIpc) is 3.38. The Morgan fingerprint density at radius 2 is 1.69 bits per heavy atom. The van der Waals surface area contributed by atoms with Gasteiger partial charge in [-0.1, -0.05) is 54.6 Å². The van der Waals surface area contributed by atoms with Gasteiger partial charge in [0.05, 0.1) is 0 Å². The molecule has 142 valence electrons. The molecule has 5 aromatic rings. The lowest BCUT2D eigenvalue weighted by atomic mass is 10.1. The molecule has 0 radical (unpaired) electrons. The number of esters is 1. The van der Waals surface area contributed by atoms with Gasteiger partial charge in [-0.2, -0.15) is 0 Å². The van der Waals surface area contributed by atoms with Crippen LogP contribution in [0.5, 0.6) is 0 Å². The SMILES string of the molecule is Cc1c(C(=O)OCc2nnc(-c3ccccc3)o2)oc2c1ccc1ccccc12. The third kappa shape index (κ3) is 3.04. The zero-order chi connectivity index (χ0) is 19.8. The number of nitrogens with zero attached hydrogens (tertiary/aromatic N) is 2. The number of carbonyl (C=O) groups excluding carboxylic acids is 1. The summed E-state index contributed by atoms with van der Waals surface area (Å²) in [5.74, 6) is 0.209. The number of aryl methyl sites for hydroxylation is 1. The first-order valence-electron chi connectivity index (χ1n) is 9.16. The number of aromatic nitrogens is 2.